The molecule has 0 aliphatic rings. The van der Waals surface area contributed by atoms with Gasteiger partial charge in [-0.15, -0.1) is 0 Å². The fourth-order valence-corrected chi connectivity index (χ4v) is 5.41. The number of nitrogens with zero attached hydrogens (tertiary/aromatic N) is 2. The van der Waals surface area contributed by atoms with Crippen molar-refractivity contribution in [3.05, 3.63) is 101 Å². The maximum Gasteiger partial charge on any atom is 0.244 e. The number of sulfonamides is 1. The molecule has 214 valence electrons. The number of hydrogen-bond donors (Lipinski definition) is 1. The van der Waals surface area contributed by atoms with E-state index in [1.165, 1.54) is 4.90 Å². The van der Waals surface area contributed by atoms with Gasteiger partial charge < -0.3 is 10.2 Å². The number of carbonyl (C=O) groups excluding carboxylic acids is 2. The SMILES string of the molecule is CCCNC(=O)[C@@H](Cc1ccccc1)N(Cc1ccccc1Cl)C(=O)CN(c1ccc(C(C)C)cc1)S(C)(=O)=O. The molecule has 0 spiro atoms. The van der Waals surface area contributed by atoms with Crippen LogP contribution in [0.25, 0.3) is 0 Å². The van der Waals surface area contributed by atoms with Gasteiger partial charge in [0, 0.05) is 24.5 Å². The lowest BCUT2D eigenvalue weighted by molar-refractivity contribution is -0.140. The van der Waals surface area contributed by atoms with E-state index in [0.717, 1.165) is 28.1 Å². The molecule has 0 aliphatic heterocycles. The Hall–Kier alpha value is -3.36. The first kappa shape index (κ1) is 31.2. The van der Waals surface area contributed by atoms with E-state index in [4.69, 9.17) is 11.6 Å². The molecule has 0 unspecified atom stereocenters. The third-order valence-corrected chi connectivity index (χ3v) is 8.16. The number of rotatable bonds is 13. The Kier molecular flexibility index (Phi) is 11.2. The lowest BCUT2D eigenvalue weighted by Crippen LogP contribution is -2.53. The van der Waals surface area contributed by atoms with Crippen LogP contribution in [0.15, 0.2) is 78.9 Å². The first-order valence-electron chi connectivity index (χ1n) is 13.4. The summed E-state index contributed by atoms with van der Waals surface area (Å²) >= 11 is 6.47. The van der Waals surface area contributed by atoms with Gasteiger partial charge in [0.2, 0.25) is 21.8 Å². The summed E-state index contributed by atoms with van der Waals surface area (Å²) in [4.78, 5) is 29.0. The van der Waals surface area contributed by atoms with Crippen LogP contribution < -0.4 is 9.62 Å². The Bertz CT molecular complexity index is 1380. The zero-order valence-corrected chi connectivity index (χ0v) is 25.1. The van der Waals surface area contributed by atoms with Crippen molar-refractivity contribution in [2.24, 2.45) is 0 Å². The topological polar surface area (TPSA) is 86.8 Å². The van der Waals surface area contributed by atoms with E-state index >= 15 is 0 Å². The second-order valence-corrected chi connectivity index (χ2v) is 12.4. The van der Waals surface area contributed by atoms with E-state index in [1.807, 2.05) is 55.5 Å². The van der Waals surface area contributed by atoms with E-state index in [2.05, 4.69) is 19.2 Å². The second kappa shape index (κ2) is 14.3. The monoisotopic (exact) mass is 583 g/mol. The minimum atomic E-state index is -3.82. The standard InChI is InChI=1S/C31H38ClN3O4S/c1-5-19-33-31(37)29(20-24-11-7-6-8-12-24)34(21-26-13-9-10-14-28(26)32)30(36)22-35(40(4,38)39)27-17-15-25(16-18-27)23(2)3/h6-18,23,29H,5,19-22H2,1-4H3,(H,33,37)/t29-/m1/s1. The fraction of sp³-hybridized carbons (Fsp3) is 0.355. The highest BCUT2D eigenvalue weighted by atomic mass is 35.5. The van der Waals surface area contributed by atoms with Gasteiger partial charge >= 0.3 is 0 Å². The van der Waals surface area contributed by atoms with E-state index < -0.39 is 28.5 Å². The first-order chi connectivity index (χ1) is 19.0. The molecule has 0 aliphatic carbocycles. The van der Waals surface area contributed by atoms with Crippen LogP contribution in [-0.4, -0.2) is 50.5 Å². The zero-order valence-electron chi connectivity index (χ0n) is 23.5. The Balaban J connectivity index is 2.04. The van der Waals surface area contributed by atoms with E-state index in [9.17, 15) is 18.0 Å². The average Bonchev–Trinajstić information content (AvgIpc) is 2.93. The quantitative estimate of drug-likeness (QED) is 0.292. The maximum atomic E-state index is 14.1. The third kappa shape index (κ3) is 8.57. The number of anilines is 1. The average molecular weight is 584 g/mol. The van der Waals surface area contributed by atoms with Crippen molar-refractivity contribution < 1.29 is 18.0 Å². The minimum Gasteiger partial charge on any atom is -0.354 e. The van der Waals surface area contributed by atoms with Crippen LogP contribution in [0.3, 0.4) is 0 Å². The molecule has 2 amide bonds. The molecule has 0 saturated carbocycles. The van der Waals surface area contributed by atoms with Crippen molar-refractivity contribution in [1.82, 2.24) is 10.2 Å². The number of benzene rings is 3. The summed E-state index contributed by atoms with van der Waals surface area (Å²) in [6.45, 7) is 6.09. The first-order valence-corrected chi connectivity index (χ1v) is 15.7. The Morgan fingerprint density at radius 1 is 0.925 bits per heavy atom. The van der Waals surface area contributed by atoms with Crippen LogP contribution in [0.2, 0.25) is 5.02 Å². The molecule has 1 N–H and O–H groups in total. The molecule has 0 bridgehead atoms. The van der Waals surface area contributed by atoms with Crippen LogP contribution in [0.1, 0.15) is 49.8 Å². The van der Waals surface area contributed by atoms with Gasteiger partial charge in [0.1, 0.15) is 12.6 Å². The molecule has 9 heteroatoms. The number of hydrogen-bond acceptors (Lipinski definition) is 4. The Morgan fingerprint density at radius 2 is 1.55 bits per heavy atom. The molecule has 7 nitrogen and oxygen atoms in total. The summed E-state index contributed by atoms with van der Waals surface area (Å²) in [5.41, 5.74) is 2.97. The third-order valence-electron chi connectivity index (χ3n) is 6.65. The highest BCUT2D eigenvalue weighted by molar-refractivity contribution is 7.92. The number of amides is 2. The molecule has 3 aromatic carbocycles. The van der Waals surface area contributed by atoms with Crippen LogP contribution in [0.5, 0.6) is 0 Å². The van der Waals surface area contributed by atoms with Crippen molar-refractivity contribution >= 4 is 39.1 Å². The summed E-state index contributed by atoms with van der Waals surface area (Å²) in [5, 5.41) is 3.38. The van der Waals surface area contributed by atoms with Gasteiger partial charge in [0.05, 0.1) is 11.9 Å². The summed E-state index contributed by atoms with van der Waals surface area (Å²) < 4.78 is 26.9. The molecule has 0 fully saturated rings. The smallest absolute Gasteiger partial charge is 0.244 e. The predicted molar refractivity (Wildman–Crippen MR) is 162 cm³/mol. The van der Waals surface area contributed by atoms with E-state index in [1.54, 1.807) is 30.3 Å². The molecule has 3 aromatic rings. The van der Waals surface area contributed by atoms with Gasteiger partial charge in [0.15, 0.2) is 0 Å². The van der Waals surface area contributed by atoms with Crippen molar-refractivity contribution in [1.29, 1.82) is 0 Å². The number of nitrogens with one attached hydrogen (secondary N) is 1. The highest BCUT2D eigenvalue weighted by Crippen LogP contribution is 2.24. The maximum absolute atomic E-state index is 14.1. The van der Waals surface area contributed by atoms with E-state index in [-0.39, 0.29) is 24.8 Å². The molecular formula is C31H38ClN3O4S. The molecule has 0 heterocycles. The van der Waals surface area contributed by atoms with E-state index in [0.29, 0.717) is 22.8 Å². The van der Waals surface area contributed by atoms with Gasteiger partial charge in [-0.3, -0.25) is 13.9 Å². The van der Waals surface area contributed by atoms with Gasteiger partial charge in [-0.1, -0.05) is 93.0 Å². The van der Waals surface area contributed by atoms with Gasteiger partial charge in [-0.2, -0.15) is 0 Å². The molecule has 3 rings (SSSR count). The summed E-state index contributed by atoms with van der Waals surface area (Å²) in [7, 11) is -3.82. The molecule has 0 aromatic heterocycles. The summed E-state index contributed by atoms with van der Waals surface area (Å²) in [6, 6.07) is 22.8. The van der Waals surface area contributed by atoms with Crippen LogP contribution in [0, 0.1) is 0 Å². The minimum absolute atomic E-state index is 0.0411. The second-order valence-electron chi connectivity index (χ2n) is 10.1. The predicted octanol–water partition coefficient (Wildman–Crippen LogP) is 5.40. The van der Waals surface area contributed by atoms with Crippen molar-refractivity contribution in [3.8, 4) is 0 Å². The van der Waals surface area contributed by atoms with Gasteiger partial charge in [0.25, 0.3) is 0 Å². The summed E-state index contributed by atoms with van der Waals surface area (Å²) in [5.74, 6) is -0.544. The van der Waals surface area contributed by atoms with Gasteiger partial charge in [-0.25, -0.2) is 8.42 Å². The van der Waals surface area contributed by atoms with Crippen LogP contribution in [0.4, 0.5) is 5.69 Å². The molecule has 0 radical (unpaired) electrons. The van der Waals surface area contributed by atoms with Gasteiger partial charge in [-0.05, 0) is 47.2 Å². The lowest BCUT2D eigenvalue weighted by atomic mass is 10.0. The van der Waals surface area contributed by atoms with Crippen LogP contribution in [-0.2, 0) is 32.6 Å². The molecule has 1 atom stereocenters. The highest BCUT2D eigenvalue weighted by Gasteiger charge is 2.33. The fourth-order valence-electron chi connectivity index (χ4n) is 4.37. The molecule has 0 saturated heterocycles. The molecular weight excluding hydrogens is 546 g/mol. The molecule has 40 heavy (non-hydrogen) atoms. The number of carbonyl (C=O) groups is 2. The van der Waals surface area contributed by atoms with Crippen molar-refractivity contribution in [3.63, 3.8) is 0 Å². The zero-order chi connectivity index (χ0) is 29.3. The largest absolute Gasteiger partial charge is 0.354 e. The van der Waals surface area contributed by atoms with Crippen LogP contribution >= 0.6 is 11.6 Å². The lowest BCUT2D eigenvalue weighted by Gasteiger charge is -2.33. The Morgan fingerprint density at radius 3 is 2.12 bits per heavy atom. The summed E-state index contributed by atoms with van der Waals surface area (Å²) in [6.07, 6.45) is 2.06. The van der Waals surface area contributed by atoms with Crippen molar-refractivity contribution in [2.75, 3.05) is 23.7 Å². The Labute approximate surface area is 243 Å². The number of halogens is 1. The normalized spacial score (nSPS) is 12.2. The van der Waals surface area contributed by atoms with Crippen molar-refractivity contribution in [2.45, 2.75) is 52.1 Å².